The molecule has 20 heavy (non-hydrogen) atoms. The van der Waals surface area contributed by atoms with Gasteiger partial charge in [-0.1, -0.05) is 12.1 Å². The van der Waals surface area contributed by atoms with E-state index in [-0.39, 0.29) is 13.0 Å². The molecule has 0 aromatic heterocycles. The molecule has 7 nitrogen and oxygen atoms in total. The second kappa shape index (κ2) is 5.81. The number of hydrogen-bond donors (Lipinski definition) is 2. The van der Waals surface area contributed by atoms with Crippen molar-refractivity contribution in [2.24, 2.45) is 0 Å². The van der Waals surface area contributed by atoms with Crippen molar-refractivity contribution in [2.45, 2.75) is 23.5 Å². The van der Waals surface area contributed by atoms with Gasteiger partial charge < -0.3 is 5.32 Å². The number of rotatable bonds is 4. The van der Waals surface area contributed by atoms with Crippen LogP contribution in [0.4, 0.5) is 10.1 Å². The van der Waals surface area contributed by atoms with Crippen LogP contribution in [-0.2, 0) is 10.0 Å². The van der Waals surface area contributed by atoms with E-state index in [4.69, 9.17) is 0 Å². The summed E-state index contributed by atoms with van der Waals surface area (Å²) in [5.74, 6) is 0. The molecular formula is C11H14FN3O4S. The zero-order chi connectivity index (χ0) is 14.8. The fraction of sp³-hybridized carbons (Fsp3) is 0.455. The van der Waals surface area contributed by atoms with Crippen LogP contribution < -0.4 is 10.0 Å². The quantitative estimate of drug-likeness (QED) is 0.625. The van der Waals surface area contributed by atoms with E-state index in [2.05, 4.69) is 10.0 Å². The molecule has 2 rings (SSSR count). The molecule has 1 aliphatic rings. The molecule has 0 unspecified atom stereocenters. The van der Waals surface area contributed by atoms with Crippen LogP contribution in [0.1, 0.15) is 6.42 Å². The number of benzene rings is 1. The first-order valence-electron chi connectivity index (χ1n) is 6.00. The Morgan fingerprint density at radius 1 is 1.35 bits per heavy atom. The minimum absolute atomic E-state index is 0.0485. The summed E-state index contributed by atoms with van der Waals surface area (Å²) in [6.45, 7) is 0.476. The number of nitrogens with one attached hydrogen (secondary N) is 2. The number of nitro benzene ring substituents is 1. The standard InChI is InChI=1S/C11H14FN3O4S/c12-8-5-9(7-13-6-8)14-20(18,19)11-4-2-1-3-10(11)15(16)17/h1-4,8-9,13-14H,5-7H2/t8-,9+/m1/s1. The molecule has 0 bridgehead atoms. The van der Waals surface area contributed by atoms with Crippen LogP contribution in [-0.4, -0.2) is 38.6 Å². The van der Waals surface area contributed by atoms with Gasteiger partial charge in [0.2, 0.25) is 10.0 Å². The lowest BCUT2D eigenvalue weighted by molar-refractivity contribution is -0.387. The van der Waals surface area contributed by atoms with Crippen LogP contribution in [0, 0.1) is 10.1 Å². The molecule has 2 atom stereocenters. The third-order valence-corrected chi connectivity index (χ3v) is 4.54. The lowest BCUT2D eigenvalue weighted by atomic mass is 10.1. The average molecular weight is 303 g/mol. The number of nitro groups is 1. The van der Waals surface area contributed by atoms with Crippen LogP contribution >= 0.6 is 0 Å². The summed E-state index contributed by atoms with van der Waals surface area (Å²) in [6, 6.07) is 4.44. The SMILES string of the molecule is O=[N+]([O-])c1ccccc1S(=O)(=O)N[C@@H]1CNC[C@H](F)C1. The van der Waals surface area contributed by atoms with Gasteiger partial charge in [-0.05, 0) is 12.5 Å². The monoisotopic (exact) mass is 303 g/mol. The molecule has 2 N–H and O–H groups in total. The zero-order valence-corrected chi connectivity index (χ0v) is 11.3. The van der Waals surface area contributed by atoms with Crippen LogP contribution in [0.25, 0.3) is 0 Å². The lowest BCUT2D eigenvalue weighted by Gasteiger charge is -2.26. The van der Waals surface area contributed by atoms with Gasteiger partial charge in [0.1, 0.15) is 6.17 Å². The number of hydrogen-bond acceptors (Lipinski definition) is 5. The Morgan fingerprint density at radius 2 is 2.05 bits per heavy atom. The Kier molecular flexibility index (Phi) is 4.31. The van der Waals surface area contributed by atoms with Gasteiger partial charge >= 0.3 is 0 Å². The molecule has 1 aromatic rings. The molecule has 0 amide bonds. The van der Waals surface area contributed by atoms with E-state index in [0.29, 0.717) is 6.54 Å². The molecule has 1 aliphatic heterocycles. The fourth-order valence-electron chi connectivity index (χ4n) is 2.10. The second-order valence-electron chi connectivity index (χ2n) is 4.53. The third kappa shape index (κ3) is 3.30. The topological polar surface area (TPSA) is 101 Å². The minimum Gasteiger partial charge on any atom is -0.312 e. The summed E-state index contributed by atoms with van der Waals surface area (Å²) < 4.78 is 39.8. The van der Waals surface area contributed by atoms with E-state index >= 15 is 0 Å². The molecule has 1 heterocycles. The number of nitrogens with zero attached hydrogens (tertiary/aromatic N) is 1. The predicted octanol–water partition coefficient (Wildman–Crippen LogP) is 0.573. The Hall–Kier alpha value is -1.58. The first-order chi connectivity index (χ1) is 9.40. The van der Waals surface area contributed by atoms with E-state index in [9.17, 15) is 22.9 Å². The van der Waals surface area contributed by atoms with Crippen LogP contribution in [0.5, 0.6) is 0 Å². The van der Waals surface area contributed by atoms with E-state index in [1.54, 1.807) is 0 Å². The van der Waals surface area contributed by atoms with Crippen molar-refractivity contribution in [1.29, 1.82) is 0 Å². The second-order valence-corrected chi connectivity index (χ2v) is 6.22. The smallest absolute Gasteiger partial charge is 0.289 e. The van der Waals surface area contributed by atoms with Crippen LogP contribution in [0.15, 0.2) is 29.2 Å². The maximum absolute atomic E-state index is 13.2. The summed E-state index contributed by atoms with van der Waals surface area (Å²) in [4.78, 5) is 9.68. The van der Waals surface area contributed by atoms with Crippen LogP contribution in [0.2, 0.25) is 0 Å². The molecule has 0 spiro atoms. The van der Waals surface area contributed by atoms with Crippen molar-refractivity contribution in [2.75, 3.05) is 13.1 Å². The van der Waals surface area contributed by atoms with Gasteiger partial charge in [0, 0.05) is 25.2 Å². The number of sulfonamides is 1. The Balaban J connectivity index is 2.24. The van der Waals surface area contributed by atoms with Gasteiger partial charge in [0.05, 0.1) is 4.92 Å². The minimum atomic E-state index is -4.06. The maximum Gasteiger partial charge on any atom is 0.289 e. The Morgan fingerprint density at radius 3 is 2.70 bits per heavy atom. The van der Waals surface area contributed by atoms with Crippen molar-refractivity contribution >= 4 is 15.7 Å². The van der Waals surface area contributed by atoms with E-state index in [1.807, 2.05) is 0 Å². The van der Waals surface area contributed by atoms with Crippen molar-refractivity contribution in [3.63, 3.8) is 0 Å². The Bertz CT molecular complexity index is 607. The first-order valence-corrected chi connectivity index (χ1v) is 7.49. The molecule has 1 fully saturated rings. The van der Waals surface area contributed by atoms with Gasteiger partial charge in [-0.3, -0.25) is 10.1 Å². The number of halogens is 1. The molecular weight excluding hydrogens is 289 g/mol. The molecule has 0 aliphatic carbocycles. The van der Waals surface area contributed by atoms with E-state index in [0.717, 1.165) is 12.1 Å². The summed E-state index contributed by atoms with van der Waals surface area (Å²) in [5.41, 5.74) is -0.499. The maximum atomic E-state index is 13.2. The Labute approximate surface area is 115 Å². The zero-order valence-electron chi connectivity index (χ0n) is 10.5. The van der Waals surface area contributed by atoms with Crippen LogP contribution in [0.3, 0.4) is 0 Å². The molecule has 1 aromatic carbocycles. The highest BCUT2D eigenvalue weighted by molar-refractivity contribution is 7.89. The van der Waals surface area contributed by atoms with Gasteiger partial charge in [0.15, 0.2) is 4.90 Å². The molecule has 110 valence electrons. The lowest BCUT2D eigenvalue weighted by Crippen LogP contribution is -2.49. The highest BCUT2D eigenvalue weighted by atomic mass is 32.2. The van der Waals surface area contributed by atoms with Gasteiger partial charge in [0.25, 0.3) is 5.69 Å². The number of alkyl halides is 1. The molecule has 1 saturated heterocycles. The highest BCUT2D eigenvalue weighted by Gasteiger charge is 2.30. The summed E-state index contributed by atoms with van der Waals surface area (Å²) in [7, 11) is -4.06. The van der Waals surface area contributed by atoms with Crippen molar-refractivity contribution < 1.29 is 17.7 Å². The molecule has 0 radical (unpaired) electrons. The summed E-state index contributed by atoms with van der Waals surface area (Å²) >= 11 is 0. The predicted molar refractivity (Wildman–Crippen MR) is 69.6 cm³/mol. The third-order valence-electron chi connectivity index (χ3n) is 2.97. The summed E-state index contributed by atoms with van der Waals surface area (Å²) in [6.07, 6.45) is -1.09. The van der Waals surface area contributed by atoms with Crippen molar-refractivity contribution in [3.05, 3.63) is 34.4 Å². The largest absolute Gasteiger partial charge is 0.312 e. The van der Waals surface area contributed by atoms with E-state index < -0.39 is 37.7 Å². The normalized spacial score (nSPS) is 23.4. The van der Waals surface area contributed by atoms with E-state index in [1.165, 1.54) is 12.1 Å². The van der Waals surface area contributed by atoms with Gasteiger partial charge in [-0.25, -0.2) is 17.5 Å². The number of piperidine rings is 1. The fourth-order valence-corrected chi connectivity index (χ4v) is 3.52. The van der Waals surface area contributed by atoms with Gasteiger partial charge in [-0.15, -0.1) is 0 Å². The summed E-state index contributed by atoms with van der Waals surface area (Å²) in [5, 5.41) is 13.6. The highest BCUT2D eigenvalue weighted by Crippen LogP contribution is 2.23. The van der Waals surface area contributed by atoms with Gasteiger partial charge in [-0.2, -0.15) is 0 Å². The first kappa shape index (κ1) is 14.8. The molecule has 0 saturated carbocycles. The number of para-hydroxylation sites is 1. The van der Waals surface area contributed by atoms with Crippen molar-refractivity contribution in [1.82, 2.24) is 10.0 Å². The average Bonchev–Trinajstić information content (AvgIpc) is 2.38. The van der Waals surface area contributed by atoms with Crippen molar-refractivity contribution in [3.8, 4) is 0 Å². The molecule has 9 heteroatoms.